The number of ether oxygens (including phenoxy) is 3. The SMILES string of the molecule is CC#CC(=O)N1CCC(c2nc(-c3ccc(Oc4cccc(OC)c4F)cc3)c3cncc(OC)n23)C1. The molecule has 1 unspecified atom stereocenters. The van der Waals surface area contributed by atoms with Crippen LogP contribution in [0.25, 0.3) is 16.8 Å². The van der Waals surface area contributed by atoms with Crippen molar-refractivity contribution in [3.05, 3.63) is 66.5 Å². The number of imidazole rings is 1. The third kappa shape index (κ3) is 4.54. The van der Waals surface area contributed by atoms with E-state index in [4.69, 9.17) is 19.2 Å². The number of benzene rings is 2. The molecule has 3 heterocycles. The van der Waals surface area contributed by atoms with Gasteiger partial charge in [-0.1, -0.05) is 12.0 Å². The maximum Gasteiger partial charge on any atom is 0.298 e. The Labute approximate surface area is 213 Å². The van der Waals surface area contributed by atoms with E-state index in [1.54, 1.807) is 55.6 Å². The van der Waals surface area contributed by atoms with Gasteiger partial charge in [0.05, 0.1) is 37.8 Å². The van der Waals surface area contributed by atoms with Gasteiger partial charge < -0.3 is 19.1 Å². The van der Waals surface area contributed by atoms with E-state index in [0.29, 0.717) is 24.7 Å². The summed E-state index contributed by atoms with van der Waals surface area (Å²) in [6.45, 7) is 2.79. The first-order valence-electron chi connectivity index (χ1n) is 11.8. The summed E-state index contributed by atoms with van der Waals surface area (Å²) in [5, 5.41) is 0. The van der Waals surface area contributed by atoms with E-state index in [0.717, 1.165) is 29.0 Å². The normalized spacial score (nSPS) is 14.8. The number of likely N-dealkylation sites (tertiary alicyclic amines) is 1. The summed E-state index contributed by atoms with van der Waals surface area (Å²) in [5.41, 5.74) is 2.33. The molecule has 9 heteroatoms. The third-order valence-electron chi connectivity index (χ3n) is 6.33. The number of carbonyl (C=O) groups is 1. The maximum absolute atomic E-state index is 14.5. The molecule has 0 spiro atoms. The molecular weight excluding hydrogens is 475 g/mol. The standard InChI is InChI=1S/C28H25FN4O4/c1-4-6-24(34)32-14-13-19(17-32)28-31-27(21-15-30-16-25(36-3)33(21)28)18-9-11-20(12-10-18)37-23-8-5-7-22(35-2)26(23)29/h5,7-12,15-16,19H,13-14,17H2,1-3H3. The molecule has 2 aromatic heterocycles. The van der Waals surface area contributed by atoms with Gasteiger partial charge in [-0.25, -0.2) is 4.98 Å². The molecule has 1 fully saturated rings. The summed E-state index contributed by atoms with van der Waals surface area (Å²) in [6, 6.07) is 12.0. The van der Waals surface area contributed by atoms with Crippen molar-refractivity contribution in [2.24, 2.45) is 0 Å². The minimum Gasteiger partial charge on any atom is -0.494 e. The highest BCUT2D eigenvalue weighted by atomic mass is 19.1. The van der Waals surface area contributed by atoms with Gasteiger partial charge in [-0.3, -0.25) is 14.2 Å². The van der Waals surface area contributed by atoms with Crippen LogP contribution in [0.15, 0.2) is 54.9 Å². The Bertz CT molecular complexity index is 1520. The lowest BCUT2D eigenvalue weighted by Gasteiger charge is -2.13. The molecule has 0 bridgehead atoms. The van der Waals surface area contributed by atoms with Gasteiger partial charge in [0.1, 0.15) is 11.6 Å². The number of carbonyl (C=O) groups excluding carboxylic acids is 1. The molecule has 1 amide bonds. The van der Waals surface area contributed by atoms with Crippen molar-refractivity contribution in [3.63, 3.8) is 0 Å². The third-order valence-corrected chi connectivity index (χ3v) is 6.33. The Morgan fingerprint density at radius 3 is 2.59 bits per heavy atom. The minimum atomic E-state index is -0.564. The minimum absolute atomic E-state index is 0.0128. The van der Waals surface area contributed by atoms with Gasteiger partial charge in [0.2, 0.25) is 11.7 Å². The van der Waals surface area contributed by atoms with Crippen molar-refractivity contribution in [1.82, 2.24) is 19.3 Å². The molecule has 37 heavy (non-hydrogen) atoms. The molecule has 0 aliphatic carbocycles. The van der Waals surface area contributed by atoms with Crippen LogP contribution in [0.1, 0.15) is 25.1 Å². The Balaban J connectivity index is 1.48. The van der Waals surface area contributed by atoms with E-state index in [9.17, 15) is 9.18 Å². The molecule has 0 radical (unpaired) electrons. The van der Waals surface area contributed by atoms with Crippen LogP contribution < -0.4 is 14.2 Å². The van der Waals surface area contributed by atoms with E-state index >= 15 is 0 Å². The smallest absolute Gasteiger partial charge is 0.298 e. The molecule has 8 nitrogen and oxygen atoms in total. The average Bonchev–Trinajstić information content (AvgIpc) is 3.56. The number of methoxy groups -OCH3 is 2. The Hall–Kier alpha value is -4.58. The summed E-state index contributed by atoms with van der Waals surface area (Å²) < 4.78 is 32.8. The van der Waals surface area contributed by atoms with Gasteiger partial charge in [0.15, 0.2) is 11.5 Å². The van der Waals surface area contributed by atoms with Crippen LogP contribution in [0, 0.1) is 17.7 Å². The van der Waals surface area contributed by atoms with E-state index in [1.165, 1.54) is 13.2 Å². The van der Waals surface area contributed by atoms with E-state index in [2.05, 4.69) is 16.8 Å². The number of halogens is 1. The van der Waals surface area contributed by atoms with Gasteiger partial charge in [-0.2, -0.15) is 4.39 Å². The number of hydrogen-bond acceptors (Lipinski definition) is 6. The van der Waals surface area contributed by atoms with E-state index < -0.39 is 5.82 Å². The molecular formula is C28H25FN4O4. The zero-order chi connectivity index (χ0) is 25.9. The van der Waals surface area contributed by atoms with E-state index in [-0.39, 0.29) is 23.3 Å². The molecule has 5 rings (SSSR count). The van der Waals surface area contributed by atoms with Crippen molar-refractivity contribution < 1.29 is 23.4 Å². The average molecular weight is 501 g/mol. The maximum atomic E-state index is 14.5. The largest absolute Gasteiger partial charge is 0.494 e. The van der Waals surface area contributed by atoms with Crippen LogP contribution in [0.5, 0.6) is 23.1 Å². The molecule has 188 valence electrons. The fraction of sp³-hybridized carbons (Fsp3) is 0.250. The number of aromatic nitrogens is 3. The summed E-state index contributed by atoms with van der Waals surface area (Å²) in [6.07, 6.45) is 4.15. The van der Waals surface area contributed by atoms with E-state index in [1.807, 2.05) is 16.5 Å². The van der Waals surface area contributed by atoms with Crippen molar-refractivity contribution >= 4 is 11.4 Å². The highest BCUT2D eigenvalue weighted by Crippen LogP contribution is 2.36. The lowest BCUT2D eigenvalue weighted by Crippen LogP contribution is -2.27. The molecule has 0 N–H and O–H groups in total. The molecule has 1 aliphatic heterocycles. The Kier molecular flexibility index (Phi) is 6.64. The predicted molar refractivity (Wildman–Crippen MR) is 135 cm³/mol. The van der Waals surface area contributed by atoms with Gasteiger partial charge in [-0.15, -0.1) is 0 Å². The van der Waals surface area contributed by atoms with Crippen LogP contribution in [0.3, 0.4) is 0 Å². The second-order valence-corrected chi connectivity index (χ2v) is 8.50. The first-order chi connectivity index (χ1) is 18.0. The van der Waals surface area contributed by atoms with Crippen LogP contribution in [-0.2, 0) is 4.79 Å². The number of hydrogen-bond donors (Lipinski definition) is 0. The Morgan fingerprint density at radius 1 is 1.08 bits per heavy atom. The highest BCUT2D eigenvalue weighted by molar-refractivity contribution is 5.93. The molecule has 1 saturated heterocycles. The monoisotopic (exact) mass is 500 g/mol. The fourth-order valence-corrected chi connectivity index (χ4v) is 4.54. The number of amides is 1. The molecule has 0 saturated carbocycles. The van der Waals surface area contributed by atoms with Crippen molar-refractivity contribution in [2.45, 2.75) is 19.3 Å². The predicted octanol–water partition coefficient (Wildman–Crippen LogP) is 4.68. The molecule has 1 aliphatic rings. The second-order valence-electron chi connectivity index (χ2n) is 8.50. The topological polar surface area (TPSA) is 78.2 Å². The van der Waals surface area contributed by atoms with Gasteiger partial charge in [0, 0.05) is 24.6 Å². The van der Waals surface area contributed by atoms with Crippen LogP contribution >= 0.6 is 0 Å². The number of rotatable bonds is 6. The second kappa shape index (κ2) is 10.2. The Morgan fingerprint density at radius 2 is 1.86 bits per heavy atom. The number of fused-ring (bicyclic) bond motifs is 1. The van der Waals surface area contributed by atoms with Gasteiger partial charge in [0.25, 0.3) is 5.91 Å². The first kappa shape index (κ1) is 24.1. The first-order valence-corrected chi connectivity index (χ1v) is 11.8. The van der Waals surface area contributed by atoms with Crippen LogP contribution in [-0.4, -0.2) is 52.5 Å². The lowest BCUT2D eigenvalue weighted by molar-refractivity contribution is -0.124. The van der Waals surface area contributed by atoms with Gasteiger partial charge >= 0.3 is 0 Å². The fourth-order valence-electron chi connectivity index (χ4n) is 4.54. The van der Waals surface area contributed by atoms with Crippen molar-refractivity contribution in [3.8, 4) is 46.2 Å². The number of nitrogens with zero attached hydrogens (tertiary/aromatic N) is 4. The zero-order valence-electron chi connectivity index (χ0n) is 20.7. The van der Waals surface area contributed by atoms with Crippen LogP contribution in [0.4, 0.5) is 4.39 Å². The molecule has 1 atom stereocenters. The zero-order valence-corrected chi connectivity index (χ0v) is 20.7. The summed E-state index contributed by atoms with van der Waals surface area (Å²) in [7, 11) is 3.00. The lowest BCUT2D eigenvalue weighted by atomic mass is 10.1. The van der Waals surface area contributed by atoms with Crippen LogP contribution in [0.2, 0.25) is 0 Å². The highest BCUT2D eigenvalue weighted by Gasteiger charge is 2.31. The molecule has 4 aromatic rings. The van der Waals surface area contributed by atoms with Crippen molar-refractivity contribution in [2.75, 3.05) is 27.3 Å². The summed E-state index contributed by atoms with van der Waals surface area (Å²) >= 11 is 0. The van der Waals surface area contributed by atoms with Gasteiger partial charge in [-0.05, 0) is 55.7 Å². The van der Waals surface area contributed by atoms with Crippen molar-refractivity contribution in [1.29, 1.82) is 0 Å². The molecule has 2 aromatic carbocycles. The quantitative estimate of drug-likeness (QED) is 0.358. The summed E-state index contributed by atoms with van der Waals surface area (Å²) in [5.74, 6) is 6.56. The summed E-state index contributed by atoms with van der Waals surface area (Å²) in [4.78, 5) is 23.4.